The molecule has 1 fully saturated rings. The van der Waals surface area contributed by atoms with Crippen molar-refractivity contribution in [2.45, 2.75) is 6.04 Å². The van der Waals surface area contributed by atoms with Crippen LogP contribution < -0.4 is 15.1 Å². The third-order valence-electron chi connectivity index (χ3n) is 3.69. The zero-order valence-corrected chi connectivity index (χ0v) is 15.4. The summed E-state index contributed by atoms with van der Waals surface area (Å²) < 4.78 is 14.5. The normalized spacial score (nSPS) is 15.0. The number of nitrogens with one attached hydrogen (secondary N) is 1. The van der Waals surface area contributed by atoms with E-state index in [1.807, 2.05) is 17.5 Å². The Labute approximate surface area is 152 Å². The van der Waals surface area contributed by atoms with E-state index in [2.05, 4.69) is 51.0 Å². The monoisotopic (exact) mass is 431 g/mol. The lowest BCUT2D eigenvalue weighted by molar-refractivity contribution is -0.244. The van der Waals surface area contributed by atoms with E-state index in [9.17, 15) is 0 Å². The quantitative estimate of drug-likeness (QED) is 0.343. The summed E-state index contributed by atoms with van der Waals surface area (Å²) in [5.74, 6) is 0.844. The number of aromatic nitrogens is 5. The highest BCUT2D eigenvalue weighted by molar-refractivity contribution is 9.10. The summed E-state index contributed by atoms with van der Waals surface area (Å²) >= 11 is 3.43. The average molecular weight is 432 g/mol. The molecule has 3 aromatic rings. The van der Waals surface area contributed by atoms with E-state index in [0.29, 0.717) is 11.7 Å². The van der Waals surface area contributed by atoms with Gasteiger partial charge in [0.05, 0.1) is 5.52 Å². The molecule has 2 N–H and O–H groups in total. The molecule has 0 amide bonds. The highest BCUT2D eigenvalue weighted by Gasteiger charge is 2.29. The largest absolute Gasteiger partial charge is 0.565 e. The molecule has 0 spiro atoms. The van der Waals surface area contributed by atoms with Crippen LogP contribution in [0.1, 0.15) is 1.43 Å². The second kappa shape index (κ2) is 7.60. The number of hydrogen-bond acceptors (Lipinski definition) is 10. The summed E-state index contributed by atoms with van der Waals surface area (Å²) in [7, 11) is -1.07. The maximum absolute atomic E-state index is 8.93. The third-order valence-corrected chi connectivity index (χ3v) is 4.26. The molecule has 11 nitrogen and oxygen atoms in total. The van der Waals surface area contributed by atoms with Gasteiger partial charge in [-0.05, 0) is 33.6 Å². The van der Waals surface area contributed by atoms with Crippen LogP contribution in [-0.4, -0.2) is 56.0 Å². The van der Waals surface area contributed by atoms with Gasteiger partial charge in [0.1, 0.15) is 6.33 Å². The lowest BCUT2D eigenvalue weighted by atomic mass is 10.1. The summed E-state index contributed by atoms with van der Waals surface area (Å²) in [5.41, 5.74) is 2.36. The molecular weight excluding hydrogens is 417 g/mol. The van der Waals surface area contributed by atoms with Gasteiger partial charge in [-0.15, -0.1) is 10.2 Å². The van der Waals surface area contributed by atoms with Crippen LogP contribution >= 0.6 is 24.2 Å². The Kier molecular flexibility index (Phi) is 5.47. The van der Waals surface area contributed by atoms with Crippen molar-refractivity contribution in [3.63, 3.8) is 0 Å². The van der Waals surface area contributed by atoms with Crippen LogP contribution in [0.25, 0.3) is 16.8 Å². The van der Waals surface area contributed by atoms with Gasteiger partial charge in [0, 0.05) is 35.9 Å². The third kappa shape index (κ3) is 3.73. The Bertz CT molecular complexity index is 923. The number of halogens is 1. The van der Waals surface area contributed by atoms with E-state index in [1.165, 1.54) is 0 Å². The van der Waals surface area contributed by atoms with Crippen molar-refractivity contribution in [1.82, 2.24) is 29.9 Å². The van der Waals surface area contributed by atoms with Gasteiger partial charge in [0.25, 0.3) is 0 Å². The molecule has 0 radical (unpaired) electrons. The average Bonchev–Trinajstić information content (AvgIpc) is 3.05. The van der Waals surface area contributed by atoms with Gasteiger partial charge < -0.3 is 15.1 Å². The standard InChI is InChI=1S/C12H12BrN7.HO4P.H2/c1-14-8-4-19(5-8)11-12-18-16-6-20(12)9-2-7(13)3-15-10(9)17-11;1-4-5(2)3;/h2-3,6,8,14H,4-5H2,1H3;1H;1H. The first-order valence-corrected chi connectivity index (χ1v) is 8.95. The number of likely N-dealkylation sites (N-methyl/N-ethyl adjacent to an activating group) is 1. The second-order valence-corrected chi connectivity index (χ2v) is 6.68. The first-order chi connectivity index (χ1) is 12.0. The molecule has 1 atom stereocenters. The van der Waals surface area contributed by atoms with Crippen LogP contribution in [0.5, 0.6) is 0 Å². The lowest BCUT2D eigenvalue weighted by Gasteiger charge is -2.39. The fraction of sp³-hybridized carbons (Fsp3) is 0.333. The van der Waals surface area contributed by atoms with Gasteiger partial charge >= 0.3 is 8.25 Å². The number of fused-ring (bicyclic) bond motifs is 3. The molecule has 0 bridgehead atoms. The predicted octanol–water partition coefficient (Wildman–Crippen LogP) is 0.583. The first kappa shape index (κ1) is 18.0. The topological polar surface area (TPSA) is 141 Å². The smallest absolute Gasteiger partial charge is 0.521 e. The number of pyridine rings is 1. The lowest BCUT2D eigenvalue weighted by Crippen LogP contribution is -2.57. The SMILES string of the molecule is CNC1CN(c2nc3ncc(Br)cc3n3cnnc23)C1.O=[P+]([O-])OO.[HH]. The van der Waals surface area contributed by atoms with Crippen LogP contribution in [-0.2, 0) is 9.24 Å². The van der Waals surface area contributed by atoms with Crippen molar-refractivity contribution >= 4 is 46.8 Å². The minimum atomic E-state index is -3.04. The van der Waals surface area contributed by atoms with Gasteiger partial charge in [-0.2, -0.15) is 0 Å². The van der Waals surface area contributed by atoms with Gasteiger partial charge in [0.15, 0.2) is 11.5 Å². The highest BCUT2D eigenvalue weighted by Crippen LogP contribution is 2.26. The van der Waals surface area contributed by atoms with Crippen molar-refractivity contribution in [2.75, 3.05) is 25.0 Å². The van der Waals surface area contributed by atoms with Gasteiger partial charge in [-0.25, -0.2) is 15.2 Å². The number of nitrogens with zero attached hydrogens (tertiary/aromatic N) is 6. The van der Waals surface area contributed by atoms with Crippen LogP contribution in [0.2, 0.25) is 0 Å². The molecule has 0 aromatic carbocycles. The van der Waals surface area contributed by atoms with Crippen molar-refractivity contribution in [1.29, 1.82) is 0 Å². The fourth-order valence-electron chi connectivity index (χ4n) is 2.45. The predicted molar refractivity (Wildman–Crippen MR) is 92.3 cm³/mol. The highest BCUT2D eigenvalue weighted by atomic mass is 79.9. The molecule has 13 heteroatoms. The number of rotatable bonds is 3. The maximum Gasteiger partial charge on any atom is 0.521 e. The molecule has 0 saturated carbocycles. The number of anilines is 1. The molecule has 4 heterocycles. The van der Waals surface area contributed by atoms with Gasteiger partial charge in [-0.3, -0.25) is 4.40 Å². The maximum atomic E-state index is 8.93. The minimum Gasteiger partial charge on any atom is -0.565 e. The van der Waals surface area contributed by atoms with Crippen LogP contribution in [0.4, 0.5) is 5.82 Å². The molecule has 4 rings (SSSR count). The van der Waals surface area contributed by atoms with Crippen molar-refractivity contribution in [3.8, 4) is 0 Å². The second-order valence-electron chi connectivity index (χ2n) is 5.15. The van der Waals surface area contributed by atoms with Crippen LogP contribution in [0, 0.1) is 0 Å². The zero-order chi connectivity index (χ0) is 18.0. The Morgan fingerprint density at radius 3 is 2.92 bits per heavy atom. The van der Waals surface area contributed by atoms with E-state index in [-0.39, 0.29) is 1.43 Å². The van der Waals surface area contributed by atoms with Crippen LogP contribution in [0.3, 0.4) is 0 Å². The molecule has 25 heavy (non-hydrogen) atoms. The molecule has 134 valence electrons. The molecule has 0 aliphatic carbocycles. The van der Waals surface area contributed by atoms with Crippen molar-refractivity contribution in [3.05, 3.63) is 23.1 Å². The van der Waals surface area contributed by atoms with E-state index in [1.54, 1.807) is 12.5 Å². The molecule has 1 unspecified atom stereocenters. The van der Waals surface area contributed by atoms with Crippen molar-refractivity contribution < 1.29 is 20.8 Å². The van der Waals surface area contributed by atoms with Gasteiger partial charge in [-0.1, -0.05) is 0 Å². The molecule has 1 aliphatic rings. The van der Waals surface area contributed by atoms with E-state index in [4.69, 9.17) is 14.7 Å². The van der Waals surface area contributed by atoms with Gasteiger partial charge in [0.2, 0.25) is 5.65 Å². The summed E-state index contributed by atoms with van der Waals surface area (Å²) in [6.45, 7) is 1.85. The summed E-state index contributed by atoms with van der Waals surface area (Å²) in [4.78, 5) is 20.1. The van der Waals surface area contributed by atoms with Crippen molar-refractivity contribution in [2.24, 2.45) is 0 Å². The number of hydrogen-bond donors (Lipinski definition) is 2. The van der Waals surface area contributed by atoms with Crippen LogP contribution in [0.15, 0.2) is 23.1 Å². The molecule has 1 aliphatic heterocycles. The summed E-state index contributed by atoms with van der Waals surface area (Å²) in [6.07, 6.45) is 3.45. The minimum absolute atomic E-state index is 0. The summed E-state index contributed by atoms with van der Waals surface area (Å²) in [6, 6.07) is 2.48. The molecule has 1 saturated heterocycles. The zero-order valence-electron chi connectivity index (χ0n) is 12.9. The fourth-order valence-corrected chi connectivity index (χ4v) is 2.76. The van der Waals surface area contributed by atoms with E-state index in [0.717, 1.165) is 34.5 Å². The Hall–Kier alpha value is -1.82. The summed E-state index contributed by atoms with van der Waals surface area (Å²) in [5, 5.41) is 18.5. The van der Waals surface area contributed by atoms with E-state index >= 15 is 0 Å². The Morgan fingerprint density at radius 2 is 2.28 bits per heavy atom. The van der Waals surface area contributed by atoms with E-state index < -0.39 is 8.25 Å². The Morgan fingerprint density at radius 1 is 1.56 bits per heavy atom. The Balaban J connectivity index is 0.000000362. The molecule has 3 aromatic heterocycles. The first-order valence-electron chi connectivity index (χ1n) is 7.06. The molecular formula is C12H15BrN7O4P.